The number of carbonyl (C=O) groups excluding carboxylic acids is 1. The second-order valence-corrected chi connectivity index (χ2v) is 7.44. The maximum Gasteiger partial charge on any atom is 0.266 e. The van der Waals surface area contributed by atoms with Crippen LogP contribution in [0.15, 0.2) is 70.6 Å². The number of thioether (sulfide) groups is 1. The SMILES string of the molecule is Cc1ccc(N=C2S/C(=C\c3cccc4ccccc34)C(=O)N2C)c(O)c1. The highest BCUT2D eigenvalue weighted by Crippen LogP contribution is 2.36. The number of benzene rings is 3. The number of fused-ring (bicyclic) bond motifs is 1. The number of phenolic OH excluding ortho intramolecular Hbond substituents is 1. The van der Waals surface area contributed by atoms with Crippen molar-refractivity contribution in [2.45, 2.75) is 6.92 Å². The summed E-state index contributed by atoms with van der Waals surface area (Å²) in [4.78, 5) is 19.3. The number of aliphatic imine (C=N–C) groups is 1. The Hall–Kier alpha value is -3.05. The van der Waals surface area contributed by atoms with Crippen LogP contribution >= 0.6 is 11.8 Å². The van der Waals surface area contributed by atoms with Gasteiger partial charge in [0.15, 0.2) is 5.17 Å². The Bertz CT molecular complexity index is 1110. The zero-order valence-electron chi connectivity index (χ0n) is 15.0. The predicted octanol–water partition coefficient (Wildman–Crippen LogP) is 5.09. The second-order valence-electron chi connectivity index (χ2n) is 6.43. The fourth-order valence-corrected chi connectivity index (χ4v) is 3.97. The van der Waals surface area contributed by atoms with Gasteiger partial charge in [-0.15, -0.1) is 0 Å². The Morgan fingerprint density at radius 2 is 1.85 bits per heavy atom. The number of aryl methyl sites for hydroxylation is 1. The Morgan fingerprint density at radius 3 is 2.67 bits per heavy atom. The molecule has 3 aromatic carbocycles. The molecule has 0 radical (unpaired) electrons. The Morgan fingerprint density at radius 1 is 1.07 bits per heavy atom. The van der Waals surface area contributed by atoms with Crippen LogP contribution in [-0.2, 0) is 4.79 Å². The Balaban J connectivity index is 1.72. The zero-order chi connectivity index (χ0) is 19.0. The summed E-state index contributed by atoms with van der Waals surface area (Å²) in [6.07, 6.45) is 1.91. The number of aromatic hydroxyl groups is 1. The second kappa shape index (κ2) is 6.93. The first-order valence-corrected chi connectivity index (χ1v) is 9.38. The maximum absolute atomic E-state index is 12.7. The highest BCUT2D eigenvalue weighted by molar-refractivity contribution is 8.18. The molecule has 0 bridgehead atoms. The maximum atomic E-state index is 12.7. The third-order valence-corrected chi connectivity index (χ3v) is 5.52. The molecule has 1 amide bonds. The van der Waals surface area contributed by atoms with Gasteiger partial charge in [0.05, 0.1) is 4.91 Å². The number of amidine groups is 1. The minimum absolute atomic E-state index is 0.0988. The van der Waals surface area contributed by atoms with E-state index in [1.807, 2.05) is 43.3 Å². The number of hydrogen-bond acceptors (Lipinski definition) is 4. The van der Waals surface area contributed by atoms with Crippen molar-refractivity contribution in [3.8, 4) is 5.75 Å². The summed E-state index contributed by atoms with van der Waals surface area (Å²) in [5, 5.41) is 12.9. The fourth-order valence-electron chi connectivity index (χ4n) is 3.00. The molecule has 0 spiro atoms. The summed E-state index contributed by atoms with van der Waals surface area (Å²) in [5.41, 5.74) is 2.41. The molecule has 134 valence electrons. The number of phenols is 1. The van der Waals surface area contributed by atoms with Gasteiger partial charge in [0.1, 0.15) is 11.4 Å². The Labute approximate surface area is 161 Å². The third kappa shape index (κ3) is 3.34. The molecule has 1 heterocycles. The number of rotatable bonds is 2. The van der Waals surface area contributed by atoms with E-state index in [9.17, 15) is 9.90 Å². The first kappa shape index (κ1) is 17.4. The lowest BCUT2D eigenvalue weighted by Gasteiger charge is -2.08. The number of amides is 1. The molecule has 27 heavy (non-hydrogen) atoms. The number of nitrogens with zero attached hydrogens (tertiary/aromatic N) is 2. The molecule has 4 nitrogen and oxygen atoms in total. The molecule has 4 rings (SSSR count). The van der Waals surface area contributed by atoms with Gasteiger partial charge < -0.3 is 5.11 Å². The minimum atomic E-state index is -0.0988. The number of hydrogen-bond donors (Lipinski definition) is 1. The van der Waals surface area contributed by atoms with E-state index in [2.05, 4.69) is 23.2 Å². The molecular weight excluding hydrogens is 356 g/mol. The molecule has 0 aromatic heterocycles. The van der Waals surface area contributed by atoms with Gasteiger partial charge in [-0.3, -0.25) is 9.69 Å². The average molecular weight is 374 g/mol. The summed E-state index contributed by atoms with van der Waals surface area (Å²) in [6.45, 7) is 1.90. The van der Waals surface area contributed by atoms with E-state index in [1.54, 1.807) is 19.2 Å². The van der Waals surface area contributed by atoms with Crippen molar-refractivity contribution >= 4 is 45.4 Å². The monoisotopic (exact) mass is 374 g/mol. The lowest BCUT2D eigenvalue weighted by molar-refractivity contribution is -0.121. The Kier molecular flexibility index (Phi) is 4.46. The largest absolute Gasteiger partial charge is 0.506 e. The van der Waals surface area contributed by atoms with Gasteiger partial charge in [-0.2, -0.15) is 0 Å². The molecule has 3 aromatic rings. The molecule has 1 N–H and O–H groups in total. The topological polar surface area (TPSA) is 52.9 Å². The van der Waals surface area contributed by atoms with E-state index in [4.69, 9.17) is 0 Å². The van der Waals surface area contributed by atoms with Gasteiger partial charge in [-0.25, -0.2) is 4.99 Å². The van der Waals surface area contributed by atoms with E-state index < -0.39 is 0 Å². The van der Waals surface area contributed by atoms with Crippen molar-refractivity contribution in [2.75, 3.05) is 7.05 Å². The van der Waals surface area contributed by atoms with Crippen LogP contribution in [-0.4, -0.2) is 28.1 Å². The molecule has 1 saturated heterocycles. The first-order valence-electron chi connectivity index (χ1n) is 8.56. The van der Waals surface area contributed by atoms with E-state index >= 15 is 0 Å². The van der Waals surface area contributed by atoms with Crippen LogP contribution in [0.1, 0.15) is 11.1 Å². The van der Waals surface area contributed by atoms with Crippen molar-refractivity contribution in [1.29, 1.82) is 0 Å². The summed E-state index contributed by atoms with van der Waals surface area (Å²) in [7, 11) is 1.70. The molecule has 0 saturated carbocycles. The molecule has 0 aliphatic carbocycles. The lowest BCUT2D eigenvalue weighted by atomic mass is 10.0. The van der Waals surface area contributed by atoms with Crippen LogP contribution in [0, 0.1) is 6.92 Å². The fraction of sp³-hybridized carbons (Fsp3) is 0.0909. The summed E-state index contributed by atoms with van der Waals surface area (Å²) >= 11 is 1.31. The van der Waals surface area contributed by atoms with Crippen molar-refractivity contribution < 1.29 is 9.90 Å². The van der Waals surface area contributed by atoms with Crippen molar-refractivity contribution in [2.24, 2.45) is 4.99 Å². The number of likely N-dealkylation sites (N-methyl/N-ethyl adjacent to an activating group) is 1. The summed E-state index contributed by atoms with van der Waals surface area (Å²) in [5.74, 6) is 0.00807. The van der Waals surface area contributed by atoms with E-state index in [0.717, 1.165) is 21.9 Å². The molecule has 1 fully saturated rings. The molecule has 5 heteroatoms. The van der Waals surface area contributed by atoms with Crippen molar-refractivity contribution in [1.82, 2.24) is 4.90 Å². The predicted molar refractivity (Wildman–Crippen MR) is 112 cm³/mol. The van der Waals surface area contributed by atoms with Crippen molar-refractivity contribution in [3.63, 3.8) is 0 Å². The minimum Gasteiger partial charge on any atom is -0.506 e. The van der Waals surface area contributed by atoms with Crippen LogP contribution in [0.25, 0.3) is 16.8 Å². The molecule has 1 aliphatic rings. The quantitative estimate of drug-likeness (QED) is 0.636. The van der Waals surface area contributed by atoms with E-state index in [1.165, 1.54) is 16.7 Å². The smallest absolute Gasteiger partial charge is 0.266 e. The van der Waals surface area contributed by atoms with Crippen LogP contribution in [0.3, 0.4) is 0 Å². The van der Waals surface area contributed by atoms with Gasteiger partial charge in [0.25, 0.3) is 5.91 Å². The first-order chi connectivity index (χ1) is 13.0. The van der Waals surface area contributed by atoms with Gasteiger partial charge in [-0.1, -0.05) is 48.5 Å². The molecule has 0 unspecified atom stereocenters. The van der Waals surface area contributed by atoms with Gasteiger partial charge in [0.2, 0.25) is 0 Å². The van der Waals surface area contributed by atoms with Crippen molar-refractivity contribution in [3.05, 3.63) is 76.7 Å². The van der Waals surface area contributed by atoms with Crippen LogP contribution in [0.4, 0.5) is 5.69 Å². The normalized spacial score (nSPS) is 17.4. The summed E-state index contributed by atoms with van der Waals surface area (Å²) < 4.78 is 0. The lowest BCUT2D eigenvalue weighted by Crippen LogP contribution is -2.23. The molecule has 1 aliphatic heterocycles. The van der Waals surface area contributed by atoms with E-state index in [-0.39, 0.29) is 11.7 Å². The third-order valence-electron chi connectivity index (χ3n) is 4.46. The molecule has 0 atom stereocenters. The highest BCUT2D eigenvalue weighted by Gasteiger charge is 2.30. The van der Waals surface area contributed by atoms with Gasteiger partial charge in [-0.05, 0) is 58.8 Å². The van der Waals surface area contributed by atoms with Crippen LogP contribution in [0.2, 0.25) is 0 Å². The summed E-state index contributed by atoms with van der Waals surface area (Å²) in [6, 6.07) is 19.4. The van der Waals surface area contributed by atoms with E-state index in [0.29, 0.717) is 15.8 Å². The zero-order valence-corrected chi connectivity index (χ0v) is 15.8. The highest BCUT2D eigenvalue weighted by atomic mass is 32.2. The molecular formula is C22H18N2O2S. The average Bonchev–Trinajstić information content (AvgIpc) is 2.92. The number of carbonyl (C=O) groups is 1. The van der Waals surface area contributed by atoms with Crippen LogP contribution < -0.4 is 0 Å². The van der Waals surface area contributed by atoms with Gasteiger partial charge >= 0.3 is 0 Å². The standard InChI is InChI=1S/C22H18N2O2S/c1-14-10-11-18(19(25)12-14)23-22-24(2)21(26)20(27-22)13-16-8-5-7-15-6-3-4-9-17(15)16/h3-13,25H,1-2H3/b20-13-,23-22?. The van der Waals surface area contributed by atoms with Gasteiger partial charge in [0, 0.05) is 7.05 Å². The van der Waals surface area contributed by atoms with Crippen LogP contribution in [0.5, 0.6) is 5.75 Å².